The number of carbonyl (C=O) groups excluding carboxylic acids is 1. The van der Waals surface area contributed by atoms with Crippen LogP contribution in [0, 0.1) is 11.6 Å². The highest BCUT2D eigenvalue weighted by Gasteiger charge is 2.07. The Bertz CT molecular complexity index is 1140. The second-order valence-electron chi connectivity index (χ2n) is 6.15. The molecule has 0 aliphatic carbocycles. The van der Waals surface area contributed by atoms with Crippen LogP contribution in [0.3, 0.4) is 0 Å². The van der Waals surface area contributed by atoms with Crippen molar-refractivity contribution < 1.29 is 13.6 Å². The summed E-state index contributed by atoms with van der Waals surface area (Å²) in [7, 11) is 0. The highest BCUT2D eigenvalue weighted by molar-refractivity contribution is 5.99. The highest BCUT2D eigenvalue weighted by atomic mass is 19.1. The molecule has 0 saturated carbocycles. The first-order valence-electron chi connectivity index (χ1n) is 8.78. The third-order valence-corrected chi connectivity index (χ3v) is 3.93. The van der Waals surface area contributed by atoms with E-state index < -0.39 is 17.7 Å². The normalized spacial score (nSPS) is 10.5. The molecule has 4 aromatic rings. The van der Waals surface area contributed by atoms with Crippen molar-refractivity contribution in [3.05, 3.63) is 85.0 Å². The summed E-state index contributed by atoms with van der Waals surface area (Å²) in [5, 5.41) is 12.2. The maximum absolute atomic E-state index is 13.2. The second kappa shape index (κ2) is 8.35. The minimum atomic E-state index is -0.777. The number of amides is 2. The minimum absolute atomic E-state index is 0.0139. The van der Waals surface area contributed by atoms with Gasteiger partial charge < -0.3 is 16.0 Å². The van der Waals surface area contributed by atoms with Gasteiger partial charge in [0.15, 0.2) is 5.82 Å². The van der Waals surface area contributed by atoms with Crippen molar-refractivity contribution in [2.75, 3.05) is 16.0 Å². The smallest absolute Gasteiger partial charge is 0.323 e. The molecule has 3 N–H and O–H groups in total. The molecule has 0 radical (unpaired) electrons. The van der Waals surface area contributed by atoms with E-state index in [9.17, 15) is 13.6 Å². The fourth-order valence-electron chi connectivity index (χ4n) is 2.65. The molecule has 0 spiro atoms. The first kappa shape index (κ1) is 19.0. The number of hydrogen-bond donors (Lipinski definition) is 3. The zero-order valence-electron chi connectivity index (χ0n) is 15.4. The Morgan fingerprint density at radius 1 is 0.867 bits per heavy atom. The molecular weight excluding hydrogens is 392 g/mol. The Hall–Kier alpha value is -4.34. The lowest BCUT2D eigenvalue weighted by Crippen LogP contribution is -2.19. The lowest BCUT2D eigenvalue weighted by Gasteiger charge is -2.10. The van der Waals surface area contributed by atoms with Crippen LogP contribution in [-0.4, -0.2) is 25.8 Å². The van der Waals surface area contributed by atoms with E-state index >= 15 is 0 Å². The fourth-order valence-corrected chi connectivity index (χ4v) is 2.65. The Kier molecular flexibility index (Phi) is 5.29. The quantitative estimate of drug-likeness (QED) is 0.458. The third-order valence-electron chi connectivity index (χ3n) is 3.93. The number of halogens is 2. The van der Waals surface area contributed by atoms with Crippen molar-refractivity contribution in [2.45, 2.75) is 0 Å². The average molecular weight is 407 g/mol. The lowest BCUT2D eigenvalue weighted by molar-refractivity contribution is 0.262. The van der Waals surface area contributed by atoms with Gasteiger partial charge in [-0.05, 0) is 42.5 Å². The molecule has 30 heavy (non-hydrogen) atoms. The van der Waals surface area contributed by atoms with Gasteiger partial charge >= 0.3 is 6.03 Å². The monoisotopic (exact) mass is 407 g/mol. The molecule has 8 nitrogen and oxygen atoms in total. The molecule has 2 aromatic heterocycles. The first-order chi connectivity index (χ1) is 14.5. The van der Waals surface area contributed by atoms with Gasteiger partial charge in [0.25, 0.3) is 0 Å². The molecule has 4 rings (SSSR count). The number of nitrogens with one attached hydrogen (secondary N) is 3. The van der Waals surface area contributed by atoms with Crippen LogP contribution in [0.1, 0.15) is 0 Å². The van der Waals surface area contributed by atoms with E-state index in [0.29, 0.717) is 17.3 Å². The molecular formula is C20H15F2N7O. The number of anilines is 4. The lowest BCUT2D eigenvalue weighted by atomic mass is 10.2. The van der Waals surface area contributed by atoms with E-state index in [1.54, 1.807) is 53.5 Å². The minimum Gasteiger partial charge on any atom is -0.340 e. The molecule has 150 valence electrons. The number of benzene rings is 2. The molecule has 0 bridgehead atoms. The molecule has 0 aliphatic heterocycles. The molecule has 0 saturated heterocycles. The summed E-state index contributed by atoms with van der Waals surface area (Å²) in [5.41, 5.74) is 1.24. The summed E-state index contributed by atoms with van der Waals surface area (Å²) in [6, 6.07) is 12.5. The van der Waals surface area contributed by atoms with Crippen molar-refractivity contribution in [1.29, 1.82) is 0 Å². The maximum atomic E-state index is 13.2. The molecule has 10 heteroatoms. The molecule has 0 fully saturated rings. The molecule has 0 aliphatic rings. The molecule has 0 unspecified atom stereocenters. The van der Waals surface area contributed by atoms with Crippen LogP contribution in [0.4, 0.5) is 36.5 Å². The number of carbonyl (C=O) groups is 1. The van der Waals surface area contributed by atoms with Gasteiger partial charge in [0.05, 0.1) is 0 Å². The SMILES string of the molecule is O=C(Nc1ccc(Nc2cc(-n3cccn3)ncn2)cc1)Nc1cc(F)cc(F)c1. The molecule has 2 heterocycles. The van der Waals surface area contributed by atoms with Gasteiger partial charge in [-0.15, -0.1) is 0 Å². The van der Waals surface area contributed by atoms with Crippen LogP contribution in [0.5, 0.6) is 0 Å². The van der Waals surface area contributed by atoms with Crippen LogP contribution in [-0.2, 0) is 0 Å². The zero-order valence-corrected chi connectivity index (χ0v) is 15.4. The van der Waals surface area contributed by atoms with Crippen LogP contribution in [0.15, 0.2) is 73.3 Å². The summed E-state index contributed by atoms with van der Waals surface area (Å²) < 4.78 is 28.0. The summed E-state index contributed by atoms with van der Waals surface area (Å²) in [5.74, 6) is -0.370. The Morgan fingerprint density at radius 2 is 1.57 bits per heavy atom. The predicted octanol–water partition coefficient (Wildman–Crippen LogP) is 4.33. The van der Waals surface area contributed by atoms with E-state index in [1.807, 2.05) is 0 Å². The summed E-state index contributed by atoms with van der Waals surface area (Å²) in [6.07, 6.45) is 4.85. The van der Waals surface area contributed by atoms with Gasteiger partial charge in [0.1, 0.15) is 23.8 Å². The maximum Gasteiger partial charge on any atom is 0.323 e. The van der Waals surface area contributed by atoms with E-state index in [4.69, 9.17) is 0 Å². The summed E-state index contributed by atoms with van der Waals surface area (Å²) >= 11 is 0. The Morgan fingerprint density at radius 3 is 2.27 bits per heavy atom. The third kappa shape index (κ3) is 4.73. The summed E-state index contributed by atoms with van der Waals surface area (Å²) in [6.45, 7) is 0. The van der Waals surface area contributed by atoms with Crippen molar-refractivity contribution in [3.8, 4) is 5.82 Å². The van der Waals surface area contributed by atoms with Crippen molar-refractivity contribution in [2.24, 2.45) is 0 Å². The van der Waals surface area contributed by atoms with Crippen LogP contribution in [0.25, 0.3) is 5.82 Å². The summed E-state index contributed by atoms with van der Waals surface area (Å²) in [4.78, 5) is 20.4. The van der Waals surface area contributed by atoms with Gasteiger partial charge in [0.2, 0.25) is 0 Å². The topological polar surface area (TPSA) is 96.8 Å². The molecule has 2 amide bonds. The highest BCUT2D eigenvalue weighted by Crippen LogP contribution is 2.19. The molecule has 2 aromatic carbocycles. The van der Waals surface area contributed by atoms with Crippen molar-refractivity contribution >= 4 is 28.9 Å². The van der Waals surface area contributed by atoms with Crippen LogP contribution >= 0.6 is 0 Å². The van der Waals surface area contributed by atoms with E-state index in [1.165, 1.54) is 6.33 Å². The van der Waals surface area contributed by atoms with Gasteiger partial charge in [-0.1, -0.05) is 0 Å². The fraction of sp³-hybridized carbons (Fsp3) is 0. The standard InChI is InChI=1S/C20H15F2N7O/c21-13-8-14(22)10-17(9-13)28-20(30)27-16-4-2-15(3-5-16)26-18-11-19(24-12-23-18)29-7-1-6-25-29/h1-12H,(H,23,24,26)(H2,27,28,30). The van der Waals surface area contributed by atoms with Gasteiger partial charge in [-0.3, -0.25) is 0 Å². The van der Waals surface area contributed by atoms with E-state index in [0.717, 1.165) is 23.9 Å². The van der Waals surface area contributed by atoms with Crippen molar-refractivity contribution in [1.82, 2.24) is 19.7 Å². The van der Waals surface area contributed by atoms with Crippen LogP contribution in [0.2, 0.25) is 0 Å². The predicted molar refractivity (Wildman–Crippen MR) is 108 cm³/mol. The first-order valence-corrected chi connectivity index (χ1v) is 8.78. The van der Waals surface area contributed by atoms with Gasteiger partial charge in [0, 0.05) is 41.6 Å². The van der Waals surface area contributed by atoms with Gasteiger partial charge in [-0.2, -0.15) is 5.10 Å². The number of urea groups is 1. The number of aromatic nitrogens is 4. The van der Waals surface area contributed by atoms with Gasteiger partial charge in [-0.25, -0.2) is 28.2 Å². The average Bonchev–Trinajstić information content (AvgIpc) is 3.24. The van der Waals surface area contributed by atoms with E-state index in [2.05, 4.69) is 31.0 Å². The Balaban J connectivity index is 1.38. The zero-order chi connectivity index (χ0) is 20.9. The number of nitrogens with zero attached hydrogens (tertiary/aromatic N) is 4. The largest absolute Gasteiger partial charge is 0.340 e. The van der Waals surface area contributed by atoms with E-state index in [-0.39, 0.29) is 5.69 Å². The van der Waals surface area contributed by atoms with Crippen molar-refractivity contribution in [3.63, 3.8) is 0 Å². The second-order valence-corrected chi connectivity index (χ2v) is 6.15. The molecule has 0 atom stereocenters. The van der Waals surface area contributed by atoms with Crippen LogP contribution < -0.4 is 16.0 Å². The Labute approximate surface area is 169 Å². The number of rotatable bonds is 5. The number of hydrogen-bond acceptors (Lipinski definition) is 5.